The van der Waals surface area contributed by atoms with E-state index in [9.17, 15) is 9.59 Å². The van der Waals surface area contributed by atoms with Crippen molar-refractivity contribution in [2.75, 3.05) is 13.1 Å². The van der Waals surface area contributed by atoms with Gasteiger partial charge in [0.2, 0.25) is 0 Å². The molecular weight excluding hydrogens is 392 g/mol. The first kappa shape index (κ1) is 19.2. The van der Waals surface area contributed by atoms with E-state index >= 15 is 0 Å². The smallest absolute Gasteiger partial charge is 0.265 e. The van der Waals surface area contributed by atoms with E-state index in [1.54, 1.807) is 36.7 Å². The normalized spacial score (nSPS) is 16.5. The lowest BCUT2D eigenvalue weighted by molar-refractivity contribution is 0.0703. The van der Waals surface area contributed by atoms with Gasteiger partial charge in [0, 0.05) is 31.6 Å². The Bertz CT molecular complexity index is 1310. The van der Waals surface area contributed by atoms with Crippen molar-refractivity contribution >= 4 is 16.8 Å². The van der Waals surface area contributed by atoms with Gasteiger partial charge in [-0.25, -0.2) is 4.98 Å². The highest BCUT2D eigenvalue weighted by Crippen LogP contribution is 2.26. The van der Waals surface area contributed by atoms with Crippen molar-refractivity contribution in [1.29, 1.82) is 0 Å². The number of hydrogen-bond donors (Lipinski definition) is 0. The zero-order valence-electron chi connectivity index (χ0n) is 17.2. The largest absolute Gasteiger partial charge is 0.338 e. The zero-order chi connectivity index (χ0) is 21.4. The van der Waals surface area contributed by atoms with Gasteiger partial charge in [0.15, 0.2) is 0 Å². The second-order valence-electron chi connectivity index (χ2n) is 7.87. The molecule has 5 rings (SSSR count). The third-order valence-corrected chi connectivity index (χ3v) is 5.88. The summed E-state index contributed by atoms with van der Waals surface area (Å²) in [6.45, 7) is 1.35. The zero-order valence-corrected chi connectivity index (χ0v) is 17.2. The first-order valence-corrected chi connectivity index (χ1v) is 10.3. The van der Waals surface area contributed by atoms with Gasteiger partial charge >= 0.3 is 0 Å². The summed E-state index contributed by atoms with van der Waals surface area (Å²) < 4.78 is 3.42. The maximum Gasteiger partial charge on any atom is 0.265 e. The van der Waals surface area contributed by atoms with Crippen LogP contribution in [0.4, 0.5) is 0 Å². The van der Waals surface area contributed by atoms with Crippen molar-refractivity contribution in [1.82, 2.24) is 29.2 Å². The van der Waals surface area contributed by atoms with E-state index in [1.807, 2.05) is 34.7 Å². The minimum absolute atomic E-state index is 0.0117. The number of aryl methyl sites for hydroxylation is 1. The van der Waals surface area contributed by atoms with Crippen molar-refractivity contribution in [3.05, 3.63) is 82.9 Å². The van der Waals surface area contributed by atoms with Gasteiger partial charge in [0.25, 0.3) is 11.5 Å². The van der Waals surface area contributed by atoms with Crippen LogP contribution >= 0.6 is 0 Å². The van der Waals surface area contributed by atoms with Crippen LogP contribution in [0.5, 0.6) is 0 Å². The van der Waals surface area contributed by atoms with Crippen molar-refractivity contribution < 1.29 is 4.79 Å². The Morgan fingerprint density at radius 2 is 1.87 bits per heavy atom. The molecular formula is C23H22N6O2. The molecule has 2 aromatic carbocycles. The predicted molar refractivity (Wildman–Crippen MR) is 116 cm³/mol. The molecule has 0 spiro atoms. The molecule has 1 fully saturated rings. The van der Waals surface area contributed by atoms with Crippen LogP contribution < -0.4 is 5.56 Å². The third-order valence-electron chi connectivity index (χ3n) is 5.88. The first-order chi connectivity index (χ1) is 15.1. The summed E-state index contributed by atoms with van der Waals surface area (Å²) in [6.07, 6.45) is 5.14. The molecule has 8 heteroatoms. The van der Waals surface area contributed by atoms with Crippen LogP contribution in [-0.2, 0) is 7.05 Å². The fraction of sp³-hybridized carbons (Fsp3) is 0.261. The second-order valence-corrected chi connectivity index (χ2v) is 7.87. The first-order valence-electron chi connectivity index (χ1n) is 10.3. The number of rotatable bonds is 3. The number of amides is 1. The number of fused-ring (bicyclic) bond motifs is 1. The molecule has 0 radical (unpaired) electrons. The monoisotopic (exact) mass is 414 g/mol. The molecule has 2 aromatic heterocycles. The Balaban J connectivity index is 1.38. The van der Waals surface area contributed by atoms with Crippen LogP contribution in [0.1, 0.15) is 34.9 Å². The van der Waals surface area contributed by atoms with Gasteiger partial charge in [-0.1, -0.05) is 12.1 Å². The Morgan fingerprint density at radius 1 is 1.06 bits per heavy atom. The second kappa shape index (κ2) is 7.79. The number of carbonyl (C=O) groups is 1. The van der Waals surface area contributed by atoms with Crippen LogP contribution in [0, 0.1) is 0 Å². The number of nitrogens with zero attached hydrogens (tertiary/aromatic N) is 6. The number of likely N-dealkylation sites (tertiary alicyclic amines) is 1. The number of benzene rings is 2. The van der Waals surface area contributed by atoms with Crippen LogP contribution in [0.2, 0.25) is 0 Å². The van der Waals surface area contributed by atoms with E-state index in [2.05, 4.69) is 15.2 Å². The Morgan fingerprint density at radius 3 is 2.65 bits per heavy atom. The fourth-order valence-electron chi connectivity index (χ4n) is 4.23. The van der Waals surface area contributed by atoms with E-state index in [0.29, 0.717) is 28.7 Å². The van der Waals surface area contributed by atoms with Crippen molar-refractivity contribution in [3.8, 4) is 5.69 Å². The van der Waals surface area contributed by atoms with Crippen molar-refractivity contribution in [2.45, 2.75) is 18.8 Å². The number of piperidine rings is 1. The molecule has 0 N–H and O–H groups in total. The molecule has 31 heavy (non-hydrogen) atoms. The average Bonchev–Trinajstić information content (AvgIpc) is 3.25. The van der Waals surface area contributed by atoms with Crippen LogP contribution in [0.3, 0.4) is 0 Å². The van der Waals surface area contributed by atoms with E-state index in [0.717, 1.165) is 25.2 Å². The number of carbonyl (C=O) groups excluding carboxylic acids is 1. The third kappa shape index (κ3) is 3.50. The minimum Gasteiger partial charge on any atom is -0.338 e. The maximum atomic E-state index is 13.1. The number of para-hydroxylation sites is 1. The van der Waals surface area contributed by atoms with E-state index in [1.165, 1.54) is 10.9 Å². The highest BCUT2D eigenvalue weighted by Gasteiger charge is 2.28. The molecule has 1 atom stereocenters. The van der Waals surface area contributed by atoms with Gasteiger partial charge in [0.05, 0.1) is 16.6 Å². The number of aromatic nitrogens is 5. The lowest BCUT2D eigenvalue weighted by Gasteiger charge is -2.32. The average molecular weight is 414 g/mol. The van der Waals surface area contributed by atoms with Gasteiger partial charge in [0.1, 0.15) is 18.5 Å². The highest BCUT2D eigenvalue weighted by molar-refractivity contribution is 5.94. The highest BCUT2D eigenvalue weighted by atomic mass is 16.2. The lowest BCUT2D eigenvalue weighted by atomic mass is 9.96. The molecule has 0 saturated carbocycles. The quantitative estimate of drug-likeness (QED) is 0.514. The molecule has 0 bridgehead atoms. The lowest BCUT2D eigenvalue weighted by Crippen LogP contribution is -2.39. The standard InChI is InChI=1S/C23H22N6O2/c1-27-15-25-26-21(27)17-5-4-12-28(13-17)22(30)16-8-10-18(11-9-16)29-14-24-20-7-3-2-6-19(20)23(29)31/h2-3,6-11,14-15,17H,4-5,12-13H2,1H3/t17-/m1/s1. The van der Waals surface area contributed by atoms with Crippen LogP contribution in [-0.4, -0.2) is 48.2 Å². The van der Waals surface area contributed by atoms with Gasteiger partial charge in [-0.2, -0.15) is 0 Å². The summed E-state index contributed by atoms with van der Waals surface area (Å²) in [5.74, 6) is 1.09. The van der Waals surface area contributed by atoms with Gasteiger partial charge in [-0.3, -0.25) is 14.2 Å². The van der Waals surface area contributed by atoms with E-state index < -0.39 is 0 Å². The molecule has 0 unspecified atom stereocenters. The molecule has 1 aliphatic rings. The summed E-state index contributed by atoms with van der Waals surface area (Å²) in [5, 5.41) is 8.75. The van der Waals surface area contributed by atoms with Gasteiger partial charge in [-0.05, 0) is 49.2 Å². The fourth-order valence-corrected chi connectivity index (χ4v) is 4.23. The molecule has 4 aromatic rings. The SMILES string of the molecule is Cn1cnnc1[C@@H]1CCCN(C(=O)c2ccc(-n3cnc4ccccc4c3=O)cc2)C1. The number of hydrogen-bond acceptors (Lipinski definition) is 5. The van der Waals surface area contributed by atoms with Crippen LogP contribution in [0.25, 0.3) is 16.6 Å². The summed E-state index contributed by atoms with van der Waals surface area (Å²) in [6, 6.07) is 14.4. The van der Waals surface area contributed by atoms with Gasteiger partial charge in [-0.15, -0.1) is 10.2 Å². The summed E-state index contributed by atoms with van der Waals surface area (Å²) >= 11 is 0. The Kier molecular flexibility index (Phi) is 4.82. The molecule has 156 valence electrons. The predicted octanol–water partition coefficient (Wildman–Crippen LogP) is 2.53. The molecule has 8 nitrogen and oxygen atoms in total. The summed E-state index contributed by atoms with van der Waals surface area (Å²) in [7, 11) is 1.93. The Hall–Kier alpha value is -3.81. The maximum absolute atomic E-state index is 13.1. The molecule has 1 aliphatic heterocycles. The molecule has 1 amide bonds. The molecule has 0 aliphatic carbocycles. The molecule has 1 saturated heterocycles. The summed E-state index contributed by atoms with van der Waals surface area (Å²) in [4.78, 5) is 32.1. The Labute approximate surface area is 178 Å². The molecule has 3 heterocycles. The van der Waals surface area contributed by atoms with Crippen LogP contribution in [0.15, 0.2) is 66.0 Å². The van der Waals surface area contributed by atoms with Crippen molar-refractivity contribution in [3.63, 3.8) is 0 Å². The van der Waals surface area contributed by atoms with E-state index in [-0.39, 0.29) is 17.4 Å². The van der Waals surface area contributed by atoms with Gasteiger partial charge < -0.3 is 9.47 Å². The van der Waals surface area contributed by atoms with E-state index in [4.69, 9.17) is 0 Å². The summed E-state index contributed by atoms with van der Waals surface area (Å²) in [5.41, 5.74) is 1.81. The minimum atomic E-state index is -0.132. The van der Waals surface area contributed by atoms with Crippen molar-refractivity contribution in [2.24, 2.45) is 7.05 Å². The topological polar surface area (TPSA) is 85.9 Å².